The Balaban J connectivity index is 1.81. The van der Waals surface area contributed by atoms with Crippen LogP contribution in [0.3, 0.4) is 0 Å². The predicted molar refractivity (Wildman–Crippen MR) is 84.9 cm³/mol. The van der Waals surface area contributed by atoms with Crippen molar-refractivity contribution < 1.29 is 9.47 Å². The van der Waals surface area contributed by atoms with Gasteiger partial charge in [0.25, 0.3) is 0 Å². The Morgan fingerprint density at radius 3 is 2.14 bits per heavy atom. The van der Waals surface area contributed by atoms with Gasteiger partial charge in [0, 0.05) is 6.54 Å². The molecular formula is C18H19NO2. The van der Waals surface area contributed by atoms with Gasteiger partial charge in [-0.3, -0.25) is 0 Å². The standard InChI is InChI=1S/C18H19NO2/c1-3-12-19-13-14-20-16-8-10-18(11-9-16)21-17-6-4-15(2)5-7-17/h1,4-11,19H,12-14H2,2H3. The molecule has 0 atom stereocenters. The SMILES string of the molecule is C#CCNCCOc1ccc(Oc2ccc(C)cc2)cc1. The molecule has 0 aromatic heterocycles. The van der Waals surface area contributed by atoms with Gasteiger partial charge in [-0.05, 0) is 43.3 Å². The van der Waals surface area contributed by atoms with Gasteiger partial charge < -0.3 is 14.8 Å². The van der Waals surface area contributed by atoms with Crippen molar-refractivity contribution in [2.45, 2.75) is 6.92 Å². The first-order chi connectivity index (χ1) is 10.3. The summed E-state index contributed by atoms with van der Waals surface area (Å²) in [6.45, 7) is 3.92. The van der Waals surface area contributed by atoms with E-state index in [0.717, 1.165) is 23.8 Å². The molecule has 0 fully saturated rings. The topological polar surface area (TPSA) is 30.5 Å². The second-order valence-corrected chi connectivity index (χ2v) is 4.62. The molecule has 2 rings (SSSR count). The molecule has 2 aromatic rings. The van der Waals surface area contributed by atoms with Crippen LogP contribution in [0.5, 0.6) is 17.2 Å². The zero-order valence-corrected chi connectivity index (χ0v) is 12.1. The minimum absolute atomic E-state index is 0.562. The van der Waals surface area contributed by atoms with E-state index in [2.05, 4.69) is 11.2 Å². The second kappa shape index (κ2) is 7.98. The van der Waals surface area contributed by atoms with E-state index in [9.17, 15) is 0 Å². The van der Waals surface area contributed by atoms with Crippen molar-refractivity contribution in [2.75, 3.05) is 19.7 Å². The highest BCUT2D eigenvalue weighted by atomic mass is 16.5. The number of benzene rings is 2. The van der Waals surface area contributed by atoms with Crippen LogP contribution in [-0.2, 0) is 0 Å². The van der Waals surface area contributed by atoms with Crippen LogP contribution >= 0.6 is 0 Å². The van der Waals surface area contributed by atoms with Crippen molar-refractivity contribution in [2.24, 2.45) is 0 Å². The van der Waals surface area contributed by atoms with Crippen molar-refractivity contribution in [3.8, 4) is 29.6 Å². The third-order valence-corrected chi connectivity index (χ3v) is 2.86. The molecule has 3 nitrogen and oxygen atoms in total. The van der Waals surface area contributed by atoms with E-state index in [1.54, 1.807) is 0 Å². The zero-order valence-electron chi connectivity index (χ0n) is 12.1. The summed E-state index contributed by atoms with van der Waals surface area (Å²) in [4.78, 5) is 0. The fourth-order valence-corrected chi connectivity index (χ4v) is 1.75. The average molecular weight is 281 g/mol. The molecule has 0 aliphatic carbocycles. The molecule has 0 spiro atoms. The molecule has 2 aromatic carbocycles. The van der Waals surface area contributed by atoms with Crippen molar-refractivity contribution in [3.05, 3.63) is 54.1 Å². The van der Waals surface area contributed by atoms with Gasteiger partial charge in [-0.2, -0.15) is 0 Å². The van der Waals surface area contributed by atoms with Crippen LogP contribution in [0.25, 0.3) is 0 Å². The number of rotatable bonds is 7. The van der Waals surface area contributed by atoms with Crippen molar-refractivity contribution in [1.29, 1.82) is 0 Å². The van der Waals surface area contributed by atoms with Crippen molar-refractivity contribution >= 4 is 0 Å². The maximum atomic E-state index is 5.76. The summed E-state index contributed by atoms with van der Waals surface area (Å²) in [5.74, 6) is 4.95. The molecule has 0 saturated heterocycles. The van der Waals surface area contributed by atoms with E-state index in [-0.39, 0.29) is 0 Å². The smallest absolute Gasteiger partial charge is 0.127 e. The van der Waals surface area contributed by atoms with Crippen LogP contribution in [0.15, 0.2) is 48.5 Å². The Hall–Kier alpha value is -2.44. The summed E-state index contributed by atoms with van der Waals surface area (Å²) in [6, 6.07) is 15.5. The summed E-state index contributed by atoms with van der Waals surface area (Å²) in [5.41, 5.74) is 1.21. The minimum Gasteiger partial charge on any atom is -0.492 e. The van der Waals surface area contributed by atoms with Gasteiger partial charge in [0.1, 0.15) is 23.9 Å². The fraction of sp³-hybridized carbons (Fsp3) is 0.222. The third kappa shape index (κ3) is 5.21. The zero-order chi connectivity index (χ0) is 14.9. The maximum absolute atomic E-state index is 5.76. The largest absolute Gasteiger partial charge is 0.492 e. The van der Waals surface area contributed by atoms with E-state index in [4.69, 9.17) is 15.9 Å². The molecule has 0 saturated carbocycles. The summed E-state index contributed by atoms with van der Waals surface area (Å²) < 4.78 is 11.3. The molecular weight excluding hydrogens is 262 g/mol. The summed E-state index contributed by atoms with van der Waals surface area (Å²) in [7, 11) is 0. The Labute approximate surface area is 125 Å². The first kappa shape index (κ1) is 15.0. The highest BCUT2D eigenvalue weighted by Gasteiger charge is 1.98. The number of ether oxygens (including phenoxy) is 2. The van der Waals surface area contributed by atoms with Gasteiger partial charge in [-0.1, -0.05) is 23.6 Å². The molecule has 0 aliphatic heterocycles. The quantitative estimate of drug-likeness (QED) is 0.623. The van der Waals surface area contributed by atoms with Gasteiger partial charge in [0.15, 0.2) is 0 Å². The number of aryl methyl sites for hydroxylation is 1. The van der Waals surface area contributed by atoms with Crippen LogP contribution in [0.2, 0.25) is 0 Å². The fourth-order valence-electron chi connectivity index (χ4n) is 1.75. The predicted octanol–water partition coefficient (Wildman–Crippen LogP) is 3.39. The van der Waals surface area contributed by atoms with E-state index in [1.165, 1.54) is 5.56 Å². The second-order valence-electron chi connectivity index (χ2n) is 4.62. The number of hydrogen-bond acceptors (Lipinski definition) is 3. The highest BCUT2D eigenvalue weighted by molar-refractivity contribution is 5.36. The third-order valence-electron chi connectivity index (χ3n) is 2.86. The van der Waals surface area contributed by atoms with Crippen LogP contribution < -0.4 is 14.8 Å². The molecule has 0 heterocycles. The first-order valence-electron chi connectivity index (χ1n) is 6.89. The van der Waals surface area contributed by atoms with Crippen LogP contribution in [-0.4, -0.2) is 19.7 Å². The first-order valence-corrected chi connectivity index (χ1v) is 6.89. The lowest BCUT2D eigenvalue weighted by atomic mass is 10.2. The van der Waals surface area contributed by atoms with Crippen LogP contribution in [0.1, 0.15) is 5.56 Å². The molecule has 3 heteroatoms. The Morgan fingerprint density at radius 1 is 0.952 bits per heavy atom. The average Bonchev–Trinajstić information content (AvgIpc) is 2.51. The van der Waals surface area contributed by atoms with Gasteiger partial charge in [-0.25, -0.2) is 0 Å². The normalized spacial score (nSPS) is 9.90. The lowest BCUT2D eigenvalue weighted by Crippen LogP contribution is -2.21. The van der Waals surface area contributed by atoms with Gasteiger partial charge in [0.05, 0.1) is 6.54 Å². The lowest BCUT2D eigenvalue weighted by molar-refractivity contribution is 0.316. The Morgan fingerprint density at radius 2 is 1.52 bits per heavy atom. The Bertz CT molecular complexity index is 582. The molecule has 0 bridgehead atoms. The van der Waals surface area contributed by atoms with Gasteiger partial charge >= 0.3 is 0 Å². The summed E-state index contributed by atoms with van der Waals surface area (Å²) in [5, 5.41) is 3.07. The van der Waals surface area contributed by atoms with E-state index in [1.807, 2.05) is 55.5 Å². The van der Waals surface area contributed by atoms with Gasteiger partial charge in [0.2, 0.25) is 0 Å². The van der Waals surface area contributed by atoms with Crippen LogP contribution in [0, 0.1) is 19.3 Å². The Kier molecular flexibility index (Phi) is 5.69. The number of nitrogens with one attached hydrogen (secondary N) is 1. The molecule has 1 N–H and O–H groups in total. The van der Waals surface area contributed by atoms with Crippen molar-refractivity contribution in [1.82, 2.24) is 5.32 Å². The molecule has 0 amide bonds. The van der Waals surface area contributed by atoms with Gasteiger partial charge in [-0.15, -0.1) is 6.42 Å². The molecule has 0 unspecified atom stereocenters. The van der Waals surface area contributed by atoms with Crippen molar-refractivity contribution in [3.63, 3.8) is 0 Å². The monoisotopic (exact) mass is 281 g/mol. The summed E-state index contributed by atoms with van der Waals surface area (Å²) >= 11 is 0. The molecule has 21 heavy (non-hydrogen) atoms. The molecule has 108 valence electrons. The van der Waals surface area contributed by atoms with E-state index in [0.29, 0.717) is 13.2 Å². The summed E-state index contributed by atoms with van der Waals surface area (Å²) in [6.07, 6.45) is 5.14. The number of terminal acetylenes is 1. The highest BCUT2D eigenvalue weighted by Crippen LogP contribution is 2.23. The molecule has 0 radical (unpaired) electrons. The van der Waals surface area contributed by atoms with Crippen LogP contribution in [0.4, 0.5) is 0 Å². The van der Waals surface area contributed by atoms with E-state index >= 15 is 0 Å². The maximum Gasteiger partial charge on any atom is 0.127 e. The number of hydrogen-bond donors (Lipinski definition) is 1. The minimum atomic E-state index is 0.562. The van der Waals surface area contributed by atoms with E-state index < -0.39 is 0 Å². The molecule has 0 aliphatic rings. The lowest BCUT2D eigenvalue weighted by Gasteiger charge is -2.08.